The molecular formula is C23H15Cl3O3. The van der Waals surface area contributed by atoms with Crippen LogP contribution < -0.4 is 0 Å². The van der Waals surface area contributed by atoms with E-state index in [1.807, 2.05) is 43.3 Å². The zero-order valence-corrected chi connectivity index (χ0v) is 17.6. The van der Waals surface area contributed by atoms with Crippen molar-refractivity contribution in [1.82, 2.24) is 0 Å². The Balaban J connectivity index is 2.18. The molecule has 0 heterocycles. The summed E-state index contributed by atoms with van der Waals surface area (Å²) in [7, 11) is 0. The van der Waals surface area contributed by atoms with E-state index in [0.717, 1.165) is 16.7 Å². The van der Waals surface area contributed by atoms with Gasteiger partial charge >= 0.3 is 0 Å². The highest BCUT2D eigenvalue weighted by Crippen LogP contribution is 2.39. The number of carbonyl (C=O) groups is 3. The summed E-state index contributed by atoms with van der Waals surface area (Å²) in [5.74, 6) is 0. The molecule has 0 saturated carbocycles. The molecule has 0 saturated heterocycles. The zero-order valence-electron chi connectivity index (χ0n) is 15.3. The summed E-state index contributed by atoms with van der Waals surface area (Å²) >= 11 is 16.7. The Morgan fingerprint density at radius 1 is 0.517 bits per heavy atom. The molecule has 6 heteroatoms. The van der Waals surface area contributed by atoms with E-state index in [4.69, 9.17) is 34.8 Å². The van der Waals surface area contributed by atoms with E-state index in [0.29, 0.717) is 16.7 Å². The van der Waals surface area contributed by atoms with E-state index in [1.54, 1.807) is 36.4 Å². The molecule has 0 amide bonds. The van der Waals surface area contributed by atoms with Gasteiger partial charge in [-0.15, -0.1) is 0 Å². The maximum absolute atomic E-state index is 11.4. The van der Waals surface area contributed by atoms with Gasteiger partial charge in [0.25, 0.3) is 15.7 Å². The second-order valence-corrected chi connectivity index (χ2v) is 7.71. The molecule has 0 atom stereocenters. The van der Waals surface area contributed by atoms with Crippen LogP contribution in [0.25, 0.3) is 0 Å². The molecule has 0 aromatic heterocycles. The number of carbonyl (C=O) groups excluding carboxylic acids is 3. The summed E-state index contributed by atoms with van der Waals surface area (Å²) in [6.45, 7) is 2.01. The third-order valence-corrected chi connectivity index (χ3v) is 5.72. The number of hydrogen-bond acceptors (Lipinski definition) is 3. The molecule has 0 fully saturated rings. The van der Waals surface area contributed by atoms with Crippen LogP contribution in [-0.4, -0.2) is 15.7 Å². The van der Waals surface area contributed by atoms with Crippen LogP contribution >= 0.6 is 34.8 Å². The van der Waals surface area contributed by atoms with Crippen LogP contribution in [0.2, 0.25) is 0 Å². The Morgan fingerprint density at radius 2 is 0.724 bits per heavy atom. The first-order valence-corrected chi connectivity index (χ1v) is 9.78. The van der Waals surface area contributed by atoms with Crippen LogP contribution in [0.1, 0.15) is 54.7 Å². The molecule has 0 aliphatic rings. The third kappa shape index (κ3) is 4.27. The van der Waals surface area contributed by atoms with Crippen molar-refractivity contribution < 1.29 is 14.4 Å². The minimum absolute atomic E-state index is 0.393. The Kier molecular flexibility index (Phi) is 6.23. The van der Waals surface area contributed by atoms with E-state index < -0.39 is 21.1 Å². The summed E-state index contributed by atoms with van der Waals surface area (Å²) in [6, 6.07) is 21.0. The van der Waals surface area contributed by atoms with Crippen molar-refractivity contribution in [2.45, 2.75) is 12.3 Å². The van der Waals surface area contributed by atoms with Crippen LogP contribution in [0.5, 0.6) is 0 Å². The maximum atomic E-state index is 11.4. The quantitative estimate of drug-likeness (QED) is 0.336. The van der Waals surface area contributed by atoms with Gasteiger partial charge in [-0.2, -0.15) is 0 Å². The third-order valence-electron chi connectivity index (χ3n) is 5.07. The molecule has 0 bridgehead atoms. The first-order valence-electron chi connectivity index (χ1n) is 8.64. The topological polar surface area (TPSA) is 51.2 Å². The average Bonchev–Trinajstić information content (AvgIpc) is 2.73. The van der Waals surface area contributed by atoms with Crippen LogP contribution in [0.15, 0.2) is 72.8 Å². The van der Waals surface area contributed by atoms with Gasteiger partial charge < -0.3 is 0 Å². The number of hydrogen-bond donors (Lipinski definition) is 0. The van der Waals surface area contributed by atoms with Gasteiger partial charge in [-0.3, -0.25) is 14.4 Å². The lowest BCUT2D eigenvalue weighted by molar-refractivity contribution is 0.107. The largest absolute Gasteiger partial charge is 0.276 e. The molecule has 0 aliphatic carbocycles. The fourth-order valence-electron chi connectivity index (χ4n) is 3.30. The fraction of sp³-hybridized carbons (Fsp3) is 0.0870. The predicted octanol–water partition coefficient (Wildman–Crippen LogP) is 6.18. The van der Waals surface area contributed by atoms with Crippen LogP contribution in [-0.2, 0) is 5.41 Å². The first-order chi connectivity index (χ1) is 13.7. The van der Waals surface area contributed by atoms with Gasteiger partial charge in [0.05, 0.1) is 0 Å². The minimum Gasteiger partial charge on any atom is -0.276 e. The standard InChI is InChI=1S/C23H15Cl3O3/c1-23(17-8-2-14(3-9-17)20(24)27,18-10-4-15(5-11-18)21(25)28)19-12-6-16(7-13-19)22(26)29/h2-13H,1H3. The molecule has 0 spiro atoms. The lowest BCUT2D eigenvalue weighted by atomic mass is 9.71. The zero-order chi connectivity index (χ0) is 21.2. The highest BCUT2D eigenvalue weighted by molar-refractivity contribution is 6.68. The molecule has 0 aliphatic heterocycles. The molecule has 0 N–H and O–H groups in total. The Bertz CT molecular complexity index is 930. The summed E-state index contributed by atoms with van der Waals surface area (Å²) in [5, 5.41) is -1.60. The van der Waals surface area contributed by atoms with Gasteiger partial charge in [0, 0.05) is 22.1 Å². The normalized spacial score (nSPS) is 11.2. The molecule has 3 nitrogen and oxygen atoms in total. The highest BCUT2D eigenvalue weighted by Gasteiger charge is 2.31. The minimum atomic E-state index is -0.643. The SMILES string of the molecule is CC(c1ccc(C(=O)Cl)cc1)(c1ccc(C(=O)Cl)cc1)c1ccc(C(=O)Cl)cc1. The van der Waals surface area contributed by atoms with Crippen molar-refractivity contribution in [3.8, 4) is 0 Å². The van der Waals surface area contributed by atoms with Crippen molar-refractivity contribution in [3.05, 3.63) is 106 Å². The number of halogens is 3. The van der Waals surface area contributed by atoms with Crippen molar-refractivity contribution in [3.63, 3.8) is 0 Å². The van der Waals surface area contributed by atoms with E-state index in [2.05, 4.69) is 0 Å². The first kappa shape index (κ1) is 21.3. The summed E-state index contributed by atoms with van der Waals surface area (Å²) < 4.78 is 0. The van der Waals surface area contributed by atoms with E-state index in [-0.39, 0.29) is 0 Å². The van der Waals surface area contributed by atoms with Gasteiger partial charge in [0.2, 0.25) is 0 Å². The average molecular weight is 446 g/mol. The van der Waals surface area contributed by atoms with E-state index in [9.17, 15) is 14.4 Å². The van der Waals surface area contributed by atoms with Gasteiger partial charge in [-0.1, -0.05) is 36.4 Å². The molecular weight excluding hydrogens is 431 g/mol. The summed E-state index contributed by atoms with van der Waals surface area (Å²) in [5.41, 5.74) is 3.23. The predicted molar refractivity (Wildman–Crippen MR) is 115 cm³/mol. The van der Waals surface area contributed by atoms with Crippen molar-refractivity contribution >= 4 is 50.5 Å². The second kappa shape index (κ2) is 8.50. The Morgan fingerprint density at radius 3 is 0.897 bits per heavy atom. The van der Waals surface area contributed by atoms with Crippen LogP contribution in [0.4, 0.5) is 0 Å². The molecule has 3 aromatic rings. The van der Waals surface area contributed by atoms with Gasteiger partial charge in [0.15, 0.2) is 0 Å². The van der Waals surface area contributed by atoms with Crippen LogP contribution in [0, 0.1) is 0 Å². The van der Waals surface area contributed by atoms with Crippen molar-refractivity contribution in [1.29, 1.82) is 0 Å². The molecule has 0 unspecified atom stereocenters. The smallest absolute Gasteiger partial charge is 0.252 e. The van der Waals surface area contributed by atoms with Gasteiger partial charge in [0.1, 0.15) is 0 Å². The van der Waals surface area contributed by atoms with Crippen LogP contribution in [0.3, 0.4) is 0 Å². The summed E-state index contributed by atoms with van der Waals surface area (Å²) in [4.78, 5) is 34.3. The number of benzene rings is 3. The molecule has 3 aromatic carbocycles. The van der Waals surface area contributed by atoms with E-state index >= 15 is 0 Å². The van der Waals surface area contributed by atoms with Gasteiger partial charge in [-0.25, -0.2) is 0 Å². The maximum Gasteiger partial charge on any atom is 0.252 e. The molecule has 3 rings (SSSR count). The molecule has 29 heavy (non-hydrogen) atoms. The fourth-order valence-corrected chi connectivity index (χ4v) is 3.68. The van der Waals surface area contributed by atoms with Crippen molar-refractivity contribution in [2.75, 3.05) is 0 Å². The lowest BCUT2D eigenvalue weighted by Gasteiger charge is -2.32. The Labute approximate surface area is 183 Å². The monoisotopic (exact) mass is 444 g/mol. The van der Waals surface area contributed by atoms with E-state index in [1.165, 1.54) is 0 Å². The number of rotatable bonds is 6. The highest BCUT2D eigenvalue weighted by atomic mass is 35.5. The Hall–Kier alpha value is -2.46. The molecule has 146 valence electrons. The molecule has 0 radical (unpaired) electrons. The summed E-state index contributed by atoms with van der Waals surface area (Å²) in [6.07, 6.45) is 0. The van der Waals surface area contributed by atoms with Gasteiger partial charge in [-0.05, 0) is 94.8 Å². The lowest BCUT2D eigenvalue weighted by Crippen LogP contribution is -2.25. The van der Waals surface area contributed by atoms with Crippen molar-refractivity contribution in [2.24, 2.45) is 0 Å². The second-order valence-electron chi connectivity index (χ2n) is 6.68.